The zero-order chi connectivity index (χ0) is 17.7. The maximum absolute atomic E-state index is 12.8. The number of benzene rings is 2. The number of nitrogens with zero attached hydrogens (tertiary/aromatic N) is 1. The average Bonchev–Trinajstić information content (AvgIpc) is 3.18. The van der Waals surface area contributed by atoms with Crippen LogP contribution in [0.2, 0.25) is 0 Å². The van der Waals surface area contributed by atoms with Gasteiger partial charge in [-0.3, -0.25) is 9.69 Å². The van der Waals surface area contributed by atoms with Crippen LogP contribution in [-0.4, -0.2) is 34.1 Å². The molecule has 2 bridgehead atoms. The number of hydrogen-bond donors (Lipinski definition) is 3. The minimum atomic E-state index is -1.02. The van der Waals surface area contributed by atoms with Crippen LogP contribution in [0.3, 0.4) is 0 Å². The third-order valence-corrected chi connectivity index (χ3v) is 5.85. The second kappa shape index (κ2) is 5.91. The molecule has 4 N–H and O–H groups in total. The number of likely N-dealkylation sites (tertiary alicyclic amines) is 1. The number of fused-ring (bicyclic) bond motifs is 3. The van der Waals surface area contributed by atoms with Crippen molar-refractivity contribution in [2.75, 3.05) is 11.1 Å². The van der Waals surface area contributed by atoms with Crippen LogP contribution in [0.5, 0.6) is 0 Å². The second-order valence-corrected chi connectivity index (χ2v) is 7.66. The Bertz CT molecular complexity index is 885. The van der Waals surface area contributed by atoms with Crippen molar-refractivity contribution < 1.29 is 14.7 Å². The number of carboxylic acid groups (broad SMARTS) is 1. The molecule has 0 aromatic heterocycles. The Morgan fingerprint density at radius 1 is 1.24 bits per heavy atom. The van der Waals surface area contributed by atoms with Gasteiger partial charge in [-0.25, -0.2) is 4.79 Å². The molecule has 1 saturated heterocycles. The molecular formula is C18H18BrN3O3. The molecule has 2 aromatic carbocycles. The highest BCUT2D eigenvalue weighted by molar-refractivity contribution is 9.10. The van der Waals surface area contributed by atoms with Crippen LogP contribution in [0.25, 0.3) is 10.8 Å². The van der Waals surface area contributed by atoms with Crippen molar-refractivity contribution in [3.63, 3.8) is 0 Å². The predicted octanol–water partition coefficient (Wildman–Crippen LogP) is 3.65. The fourth-order valence-electron chi connectivity index (χ4n) is 4.24. The molecular weight excluding hydrogens is 386 g/mol. The Balaban J connectivity index is 1.63. The van der Waals surface area contributed by atoms with Crippen LogP contribution in [0.1, 0.15) is 19.3 Å². The quantitative estimate of drug-likeness (QED) is 0.666. The molecule has 3 unspecified atom stereocenters. The van der Waals surface area contributed by atoms with Crippen LogP contribution in [-0.2, 0) is 4.79 Å². The Morgan fingerprint density at radius 2 is 2.04 bits per heavy atom. The molecule has 2 amide bonds. The number of nitrogens with one attached hydrogen (secondary N) is 1. The summed E-state index contributed by atoms with van der Waals surface area (Å²) in [7, 11) is 0. The van der Waals surface area contributed by atoms with E-state index in [4.69, 9.17) is 5.73 Å². The maximum atomic E-state index is 12.8. The van der Waals surface area contributed by atoms with Crippen LogP contribution < -0.4 is 11.1 Å². The SMILES string of the molecule is Nc1c(NC(=O)C2C3CCC(C3)N2C(=O)O)ccc2cc(Br)ccc12. The van der Waals surface area contributed by atoms with Crippen LogP contribution in [0.15, 0.2) is 34.8 Å². The first-order valence-corrected chi connectivity index (χ1v) is 9.05. The average molecular weight is 404 g/mol. The van der Waals surface area contributed by atoms with E-state index >= 15 is 0 Å². The monoisotopic (exact) mass is 403 g/mol. The summed E-state index contributed by atoms with van der Waals surface area (Å²) in [5.74, 6) is -0.198. The number of carbonyl (C=O) groups excluding carboxylic acids is 1. The van der Waals surface area contributed by atoms with Gasteiger partial charge >= 0.3 is 6.09 Å². The number of nitrogens with two attached hydrogens (primary N) is 1. The highest BCUT2D eigenvalue weighted by atomic mass is 79.9. The number of nitrogen functional groups attached to an aromatic ring is 1. The van der Waals surface area contributed by atoms with E-state index in [0.717, 1.165) is 34.5 Å². The van der Waals surface area contributed by atoms with E-state index in [9.17, 15) is 14.7 Å². The van der Waals surface area contributed by atoms with Gasteiger partial charge in [0.15, 0.2) is 0 Å². The molecule has 0 radical (unpaired) electrons. The highest BCUT2D eigenvalue weighted by Gasteiger charge is 2.51. The number of amides is 2. The van der Waals surface area contributed by atoms with E-state index in [-0.39, 0.29) is 17.9 Å². The van der Waals surface area contributed by atoms with Crippen LogP contribution >= 0.6 is 15.9 Å². The summed E-state index contributed by atoms with van der Waals surface area (Å²) in [4.78, 5) is 25.6. The molecule has 1 heterocycles. The largest absolute Gasteiger partial charge is 0.465 e. The lowest BCUT2D eigenvalue weighted by Crippen LogP contribution is -2.50. The fourth-order valence-corrected chi connectivity index (χ4v) is 4.62. The van der Waals surface area contributed by atoms with Gasteiger partial charge < -0.3 is 16.2 Å². The molecule has 6 nitrogen and oxygen atoms in total. The van der Waals surface area contributed by atoms with Crippen molar-refractivity contribution in [1.82, 2.24) is 4.90 Å². The summed E-state index contributed by atoms with van der Waals surface area (Å²) in [6, 6.07) is 8.74. The first kappa shape index (κ1) is 16.2. The topological polar surface area (TPSA) is 95.7 Å². The van der Waals surface area contributed by atoms with Gasteiger partial charge in [-0.1, -0.05) is 28.1 Å². The first-order chi connectivity index (χ1) is 12.0. The van der Waals surface area contributed by atoms with E-state index in [0.29, 0.717) is 11.4 Å². The van der Waals surface area contributed by atoms with Gasteiger partial charge in [0, 0.05) is 15.9 Å². The summed E-state index contributed by atoms with van der Waals surface area (Å²) in [6.07, 6.45) is 1.48. The summed E-state index contributed by atoms with van der Waals surface area (Å²) in [5.41, 5.74) is 7.24. The van der Waals surface area contributed by atoms with Crippen molar-refractivity contribution >= 4 is 50.1 Å². The van der Waals surface area contributed by atoms with E-state index < -0.39 is 12.1 Å². The highest BCUT2D eigenvalue weighted by Crippen LogP contribution is 2.43. The van der Waals surface area contributed by atoms with Crippen LogP contribution in [0, 0.1) is 5.92 Å². The van der Waals surface area contributed by atoms with Crippen molar-refractivity contribution in [2.45, 2.75) is 31.3 Å². The predicted molar refractivity (Wildman–Crippen MR) is 99.5 cm³/mol. The van der Waals surface area contributed by atoms with Gasteiger partial charge in [0.1, 0.15) is 6.04 Å². The maximum Gasteiger partial charge on any atom is 0.408 e. The molecule has 3 atom stereocenters. The smallest absolute Gasteiger partial charge is 0.408 e. The number of carbonyl (C=O) groups is 2. The number of hydrogen-bond acceptors (Lipinski definition) is 3. The Labute approximate surface area is 153 Å². The van der Waals surface area contributed by atoms with Crippen molar-refractivity contribution in [2.24, 2.45) is 5.92 Å². The van der Waals surface area contributed by atoms with Crippen molar-refractivity contribution in [3.8, 4) is 0 Å². The molecule has 2 aromatic rings. The molecule has 1 aliphatic carbocycles. The summed E-state index contributed by atoms with van der Waals surface area (Å²) < 4.78 is 0.954. The molecule has 1 saturated carbocycles. The number of halogens is 1. The molecule has 7 heteroatoms. The molecule has 2 fully saturated rings. The summed E-state index contributed by atoms with van der Waals surface area (Å²) in [6.45, 7) is 0. The second-order valence-electron chi connectivity index (χ2n) is 6.74. The van der Waals surface area contributed by atoms with Gasteiger partial charge in [0.2, 0.25) is 5.91 Å². The van der Waals surface area contributed by atoms with Gasteiger partial charge in [0.05, 0.1) is 11.4 Å². The lowest BCUT2D eigenvalue weighted by Gasteiger charge is -2.32. The zero-order valence-electron chi connectivity index (χ0n) is 13.4. The standard InChI is InChI=1S/C18H18BrN3O3/c19-11-3-5-13-9(7-11)2-6-14(15(13)20)21-17(23)16-10-1-4-12(8-10)22(16)18(24)25/h2-3,5-7,10,12,16H,1,4,8,20H2,(H,21,23)(H,24,25). The first-order valence-electron chi connectivity index (χ1n) is 8.25. The lowest BCUT2D eigenvalue weighted by molar-refractivity contribution is -0.122. The Morgan fingerprint density at radius 3 is 2.80 bits per heavy atom. The Hall–Kier alpha value is -2.28. The minimum absolute atomic E-state index is 0.0375. The van der Waals surface area contributed by atoms with Crippen LogP contribution in [0.4, 0.5) is 16.2 Å². The summed E-state index contributed by atoms with van der Waals surface area (Å²) >= 11 is 3.43. The molecule has 130 valence electrons. The van der Waals surface area contributed by atoms with E-state index in [2.05, 4.69) is 21.2 Å². The van der Waals surface area contributed by atoms with Crippen molar-refractivity contribution in [3.05, 3.63) is 34.8 Å². The molecule has 25 heavy (non-hydrogen) atoms. The van der Waals surface area contributed by atoms with Gasteiger partial charge in [-0.05, 0) is 48.8 Å². The molecule has 1 aliphatic heterocycles. The van der Waals surface area contributed by atoms with E-state index in [1.807, 2.05) is 24.3 Å². The third-order valence-electron chi connectivity index (χ3n) is 5.36. The number of rotatable bonds is 2. The molecule has 0 spiro atoms. The van der Waals surface area contributed by atoms with Gasteiger partial charge in [-0.2, -0.15) is 0 Å². The minimum Gasteiger partial charge on any atom is -0.465 e. The summed E-state index contributed by atoms with van der Waals surface area (Å²) in [5, 5.41) is 14.1. The fraction of sp³-hybridized carbons (Fsp3) is 0.333. The lowest BCUT2D eigenvalue weighted by atomic mass is 9.98. The third kappa shape index (κ3) is 2.63. The number of piperidine rings is 1. The number of anilines is 2. The van der Waals surface area contributed by atoms with E-state index in [1.165, 1.54) is 4.90 Å². The zero-order valence-corrected chi connectivity index (χ0v) is 15.0. The normalized spacial score (nSPS) is 24.7. The Kier molecular flexibility index (Phi) is 3.83. The van der Waals surface area contributed by atoms with E-state index in [1.54, 1.807) is 6.07 Å². The van der Waals surface area contributed by atoms with Gasteiger partial charge in [0.25, 0.3) is 0 Å². The van der Waals surface area contributed by atoms with Gasteiger partial charge in [-0.15, -0.1) is 0 Å². The van der Waals surface area contributed by atoms with Crippen molar-refractivity contribution in [1.29, 1.82) is 0 Å². The molecule has 2 aliphatic rings. The molecule has 4 rings (SSSR count).